The highest BCUT2D eigenvalue weighted by atomic mass is 16.5. The van der Waals surface area contributed by atoms with Crippen LogP contribution < -0.4 is 15.4 Å². The highest BCUT2D eigenvalue weighted by Gasteiger charge is 2.27. The fourth-order valence-electron chi connectivity index (χ4n) is 4.53. The largest absolute Gasteiger partial charge is 0.507 e. The number of amides is 2. The Labute approximate surface area is 221 Å². The number of nitrogens with one attached hydrogen (secondary N) is 2. The standard InChI is InChI=1S/C30H30N4O4/c1-19-6-3-4-9-24(19)29(36)32-22-12-15-25(28(35)16-22)26-17-27(21-7-5-8-21)34(33-26)30(37)31-18-20-10-13-23(38-2)14-11-20/h3-4,6,9-17,21,35H,5,7-8,18H2,1-2H3,(H,31,37)(H,32,36). The summed E-state index contributed by atoms with van der Waals surface area (Å²) in [6.45, 7) is 2.22. The number of benzene rings is 3. The second-order valence-corrected chi connectivity index (χ2v) is 9.50. The zero-order chi connectivity index (χ0) is 26.6. The van der Waals surface area contributed by atoms with Crippen LogP contribution in [0.15, 0.2) is 72.8 Å². The van der Waals surface area contributed by atoms with E-state index >= 15 is 0 Å². The van der Waals surface area contributed by atoms with E-state index in [0.717, 1.165) is 41.8 Å². The van der Waals surface area contributed by atoms with Gasteiger partial charge in [-0.25, -0.2) is 4.79 Å². The number of phenols is 1. The number of aryl methyl sites for hydroxylation is 1. The van der Waals surface area contributed by atoms with Gasteiger partial charge in [0, 0.05) is 35.3 Å². The van der Waals surface area contributed by atoms with Crippen LogP contribution in [0.1, 0.15) is 52.4 Å². The lowest BCUT2D eigenvalue weighted by molar-refractivity contribution is 0.102. The molecule has 38 heavy (non-hydrogen) atoms. The number of ether oxygens (including phenoxy) is 1. The summed E-state index contributed by atoms with van der Waals surface area (Å²) in [4.78, 5) is 25.8. The Hall–Kier alpha value is -4.59. The highest BCUT2D eigenvalue weighted by Crippen LogP contribution is 2.39. The Balaban J connectivity index is 1.35. The number of hydrogen-bond acceptors (Lipinski definition) is 5. The van der Waals surface area contributed by atoms with Gasteiger partial charge in [0.2, 0.25) is 0 Å². The van der Waals surface area contributed by atoms with Gasteiger partial charge in [-0.2, -0.15) is 9.78 Å². The van der Waals surface area contributed by atoms with Gasteiger partial charge in [-0.3, -0.25) is 4.79 Å². The predicted octanol–water partition coefficient (Wildman–Crippen LogP) is 5.85. The molecule has 1 aliphatic rings. The third-order valence-electron chi connectivity index (χ3n) is 6.98. The smallest absolute Gasteiger partial charge is 0.342 e. The molecule has 1 aliphatic carbocycles. The molecular formula is C30H30N4O4. The molecular weight excluding hydrogens is 480 g/mol. The Morgan fingerprint density at radius 2 is 1.82 bits per heavy atom. The number of nitrogens with zero attached hydrogens (tertiary/aromatic N) is 2. The van der Waals surface area contributed by atoms with Crippen LogP contribution in [0.25, 0.3) is 11.3 Å². The van der Waals surface area contributed by atoms with E-state index < -0.39 is 0 Å². The first-order valence-corrected chi connectivity index (χ1v) is 12.6. The van der Waals surface area contributed by atoms with Crippen LogP contribution in [0.3, 0.4) is 0 Å². The van der Waals surface area contributed by atoms with Crippen molar-refractivity contribution in [3.05, 3.63) is 95.2 Å². The fourth-order valence-corrected chi connectivity index (χ4v) is 4.53. The molecule has 1 aromatic heterocycles. The van der Waals surface area contributed by atoms with E-state index in [2.05, 4.69) is 15.7 Å². The lowest BCUT2D eigenvalue weighted by Crippen LogP contribution is -2.31. The molecule has 0 saturated heterocycles. The number of carbonyl (C=O) groups excluding carboxylic acids is 2. The molecule has 0 unspecified atom stereocenters. The second kappa shape index (κ2) is 10.8. The number of carbonyl (C=O) groups is 2. The van der Waals surface area contributed by atoms with Gasteiger partial charge in [0.1, 0.15) is 11.5 Å². The van der Waals surface area contributed by atoms with Crippen molar-refractivity contribution in [2.75, 3.05) is 12.4 Å². The topological polar surface area (TPSA) is 105 Å². The quantitative estimate of drug-likeness (QED) is 0.289. The van der Waals surface area contributed by atoms with Gasteiger partial charge in [0.05, 0.1) is 18.5 Å². The molecule has 0 radical (unpaired) electrons. The average molecular weight is 511 g/mol. The van der Waals surface area contributed by atoms with Crippen LogP contribution in [0.5, 0.6) is 11.5 Å². The molecule has 4 aromatic rings. The van der Waals surface area contributed by atoms with Crippen molar-refractivity contribution in [3.63, 3.8) is 0 Å². The molecule has 0 atom stereocenters. The maximum atomic E-state index is 13.1. The number of phenolic OH excluding ortho intramolecular Hbond substituents is 1. The maximum absolute atomic E-state index is 13.1. The molecule has 5 rings (SSSR count). The lowest BCUT2D eigenvalue weighted by Gasteiger charge is -2.25. The molecule has 0 bridgehead atoms. The summed E-state index contributed by atoms with van der Waals surface area (Å²) in [7, 11) is 1.61. The molecule has 2 amide bonds. The first-order valence-electron chi connectivity index (χ1n) is 12.6. The molecule has 0 aliphatic heterocycles. The molecule has 1 heterocycles. The van der Waals surface area contributed by atoms with Crippen LogP contribution >= 0.6 is 0 Å². The Morgan fingerprint density at radius 1 is 1.05 bits per heavy atom. The van der Waals surface area contributed by atoms with Gasteiger partial charge in [-0.1, -0.05) is 36.8 Å². The summed E-state index contributed by atoms with van der Waals surface area (Å²) in [5, 5.41) is 21.2. The Bertz CT molecular complexity index is 1470. The van der Waals surface area contributed by atoms with E-state index in [1.54, 1.807) is 25.3 Å². The number of rotatable bonds is 7. The molecule has 1 saturated carbocycles. The monoisotopic (exact) mass is 510 g/mol. The van der Waals surface area contributed by atoms with Gasteiger partial charge >= 0.3 is 6.03 Å². The van der Waals surface area contributed by atoms with Gasteiger partial charge in [-0.15, -0.1) is 0 Å². The molecule has 0 spiro atoms. The Kier molecular flexibility index (Phi) is 7.13. The third-order valence-corrected chi connectivity index (χ3v) is 6.98. The van der Waals surface area contributed by atoms with Gasteiger partial charge in [0.15, 0.2) is 0 Å². The van der Waals surface area contributed by atoms with E-state index in [1.165, 1.54) is 10.7 Å². The SMILES string of the molecule is COc1ccc(CNC(=O)n2nc(-c3ccc(NC(=O)c4ccccc4C)cc3O)cc2C2CCC2)cc1. The van der Waals surface area contributed by atoms with Crippen LogP contribution in [-0.2, 0) is 6.54 Å². The van der Waals surface area contributed by atoms with Crippen molar-refractivity contribution in [3.8, 4) is 22.8 Å². The molecule has 1 fully saturated rings. The van der Waals surface area contributed by atoms with E-state index in [-0.39, 0.29) is 23.6 Å². The van der Waals surface area contributed by atoms with Crippen molar-refractivity contribution in [1.82, 2.24) is 15.1 Å². The zero-order valence-electron chi connectivity index (χ0n) is 21.4. The van der Waals surface area contributed by atoms with Crippen LogP contribution in [0.4, 0.5) is 10.5 Å². The van der Waals surface area contributed by atoms with Gasteiger partial charge < -0.3 is 20.5 Å². The van der Waals surface area contributed by atoms with Gasteiger partial charge in [-0.05, 0) is 67.3 Å². The third kappa shape index (κ3) is 5.25. The maximum Gasteiger partial charge on any atom is 0.342 e. The summed E-state index contributed by atoms with van der Waals surface area (Å²) in [6.07, 6.45) is 3.10. The number of hydrogen-bond donors (Lipinski definition) is 3. The molecule has 8 nitrogen and oxygen atoms in total. The molecule has 3 aromatic carbocycles. The lowest BCUT2D eigenvalue weighted by atomic mass is 9.82. The Morgan fingerprint density at radius 3 is 2.47 bits per heavy atom. The van der Waals surface area contributed by atoms with E-state index in [4.69, 9.17) is 4.74 Å². The predicted molar refractivity (Wildman–Crippen MR) is 146 cm³/mol. The molecule has 194 valence electrons. The van der Waals surface area contributed by atoms with Crippen molar-refractivity contribution in [2.24, 2.45) is 0 Å². The fraction of sp³-hybridized carbons (Fsp3) is 0.233. The van der Waals surface area contributed by atoms with Crippen LogP contribution in [0, 0.1) is 6.92 Å². The molecule has 3 N–H and O–H groups in total. The van der Waals surface area contributed by atoms with Crippen molar-refractivity contribution in [2.45, 2.75) is 38.6 Å². The zero-order valence-corrected chi connectivity index (χ0v) is 21.4. The minimum absolute atomic E-state index is 0.0314. The van der Waals surface area contributed by atoms with Crippen molar-refractivity contribution in [1.29, 1.82) is 0 Å². The number of anilines is 1. The minimum atomic E-state index is -0.324. The van der Waals surface area contributed by atoms with Crippen LogP contribution in [0.2, 0.25) is 0 Å². The minimum Gasteiger partial charge on any atom is -0.507 e. The van der Waals surface area contributed by atoms with Crippen molar-refractivity contribution >= 4 is 17.6 Å². The molecule has 8 heteroatoms. The normalized spacial score (nSPS) is 13.0. The summed E-state index contributed by atoms with van der Waals surface area (Å²) in [6, 6.07) is 21.3. The number of methoxy groups -OCH3 is 1. The highest BCUT2D eigenvalue weighted by molar-refractivity contribution is 6.05. The average Bonchev–Trinajstić information content (AvgIpc) is 3.31. The summed E-state index contributed by atoms with van der Waals surface area (Å²) < 4.78 is 6.60. The first-order chi connectivity index (χ1) is 18.4. The van der Waals surface area contributed by atoms with Gasteiger partial charge in [0.25, 0.3) is 5.91 Å². The second-order valence-electron chi connectivity index (χ2n) is 9.50. The number of aromatic nitrogens is 2. The van der Waals surface area contributed by atoms with Crippen LogP contribution in [-0.4, -0.2) is 33.9 Å². The van der Waals surface area contributed by atoms with Crippen molar-refractivity contribution < 1.29 is 19.4 Å². The van der Waals surface area contributed by atoms with E-state index in [9.17, 15) is 14.7 Å². The number of aromatic hydroxyl groups is 1. The van der Waals surface area contributed by atoms with E-state index in [0.29, 0.717) is 29.1 Å². The summed E-state index contributed by atoms with van der Waals surface area (Å²) >= 11 is 0. The van der Waals surface area contributed by atoms with E-state index in [1.807, 2.05) is 55.5 Å². The summed E-state index contributed by atoms with van der Waals surface area (Å²) in [5.74, 6) is 0.721. The summed E-state index contributed by atoms with van der Waals surface area (Å²) in [5.41, 5.74) is 4.66. The first kappa shape index (κ1) is 25.1.